The first kappa shape index (κ1) is 27.8. The first-order chi connectivity index (χ1) is 18.4. The maximum Gasteiger partial charge on any atom is 0.330 e. The lowest BCUT2D eigenvalue weighted by Gasteiger charge is -2.40. The molecule has 1 heterocycles. The summed E-state index contributed by atoms with van der Waals surface area (Å²) in [7, 11) is 0. The van der Waals surface area contributed by atoms with E-state index in [1.54, 1.807) is 18.2 Å². The van der Waals surface area contributed by atoms with E-state index in [1.807, 2.05) is 67.6 Å². The Balaban J connectivity index is 1.44. The molecule has 0 bridgehead atoms. The second-order valence-corrected chi connectivity index (χ2v) is 9.45. The number of aliphatic hydroxyl groups is 3. The number of hydrogen-bond acceptors (Lipinski definition) is 7. The minimum atomic E-state index is -1.50. The van der Waals surface area contributed by atoms with E-state index >= 15 is 0 Å². The van der Waals surface area contributed by atoms with Gasteiger partial charge in [0, 0.05) is 11.1 Å². The summed E-state index contributed by atoms with van der Waals surface area (Å²) in [6, 6.07) is 22.2. The summed E-state index contributed by atoms with van der Waals surface area (Å²) in [5.41, 5.74) is 3.23. The quantitative estimate of drug-likeness (QED) is 0.278. The summed E-state index contributed by atoms with van der Waals surface area (Å²) in [6.45, 7) is 2.21. The van der Waals surface area contributed by atoms with Crippen molar-refractivity contribution in [3.8, 4) is 5.75 Å². The normalized spacial score (nSPS) is 23.3. The molecule has 7 nitrogen and oxygen atoms in total. The maximum absolute atomic E-state index is 12.2. The van der Waals surface area contributed by atoms with Crippen molar-refractivity contribution in [3.05, 3.63) is 106 Å². The lowest BCUT2D eigenvalue weighted by Crippen LogP contribution is -2.55. The third-order valence-corrected chi connectivity index (χ3v) is 6.71. The fourth-order valence-electron chi connectivity index (χ4n) is 4.30. The SMILES string of the molecule is CCOc1ccc(Cc2cc([C@@H]3O[C@H](COC(=O)C=Cc4ccccc4)[C@@H](O)[C@H](O)[C@H]3O)ccc2Cl)cc1. The fourth-order valence-corrected chi connectivity index (χ4v) is 4.49. The molecule has 0 aromatic heterocycles. The molecule has 5 atom stereocenters. The molecule has 1 saturated heterocycles. The Hall–Kier alpha value is -3.20. The summed E-state index contributed by atoms with van der Waals surface area (Å²) in [6.07, 6.45) is -2.92. The molecule has 3 aromatic carbocycles. The van der Waals surface area contributed by atoms with Gasteiger partial charge in [-0.05, 0) is 59.9 Å². The second-order valence-electron chi connectivity index (χ2n) is 9.05. The summed E-state index contributed by atoms with van der Waals surface area (Å²) in [5.74, 6) is 0.163. The van der Waals surface area contributed by atoms with Crippen molar-refractivity contribution < 1.29 is 34.3 Å². The van der Waals surface area contributed by atoms with E-state index < -0.39 is 36.5 Å². The minimum absolute atomic E-state index is 0.300. The number of aliphatic hydroxyl groups excluding tert-OH is 3. The predicted molar refractivity (Wildman–Crippen MR) is 144 cm³/mol. The molecule has 1 aliphatic rings. The number of esters is 1. The van der Waals surface area contributed by atoms with Gasteiger partial charge in [-0.2, -0.15) is 0 Å². The van der Waals surface area contributed by atoms with Crippen LogP contribution in [-0.4, -0.2) is 58.9 Å². The van der Waals surface area contributed by atoms with Crippen LogP contribution in [0.4, 0.5) is 0 Å². The van der Waals surface area contributed by atoms with Crippen LogP contribution in [0.3, 0.4) is 0 Å². The van der Waals surface area contributed by atoms with Crippen molar-refractivity contribution in [1.82, 2.24) is 0 Å². The molecular formula is C30H31ClO7. The predicted octanol–water partition coefficient (Wildman–Crippen LogP) is 4.11. The van der Waals surface area contributed by atoms with Crippen LogP contribution in [0.25, 0.3) is 6.08 Å². The summed E-state index contributed by atoms with van der Waals surface area (Å²) >= 11 is 6.46. The van der Waals surface area contributed by atoms with E-state index in [0.717, 1.165) is 22.4 Å². The van der Waals surface area contributed by atoms with Gasteiger partial charge in [-0.3, -0.25) is 0 Å². The molecule has 0 unspecified atom stereocenters. The largest absolute Gasteiger partial charge is 0.494 e. The van der Waals surface area contributed by atoms with Crippen LogP contribution in [0, 0.1) is 0 Å². The lowest BCUT2D eigenvalue weighted by atomic mass is 9.90. The van der Waals surface area contributed by atoms with Gasteiger partial charge >= 0.3 is 5.97 Å². The topological polar surface area (TPSA) is 105 Å². The van der Waals surface area contributed by atoms with Gasteiger partial charge in [-0.25, -0.2) is 4.79 Å². The van der Waals surface area contributed by atoms with Gasteiger partial charge < -0.3 is 29.5 Å². The Morgan fingerprint density at radius 1 is 0.974 bits per heavy atom. The van der Waals surface area contributed by atoms with Gasteiger partial charge in [-0.15, -0.1) is 0 Å². The van der Waals surface area contributed by atoms with Crippen LogP contribution in [0.5, 0.6) is 5.75 Å². The van der Waals surface area contributed by atoms with Gasteiger partial charge in [0.15, 0.2) is 0 Å². The standard InChI is InChI=1S/C30H31ClO7/c1-2-36-23-12-8-20(9-13-23)16-22-17-21(11-14-24(22)31)30-29(35)28(34)27(33)25(38-30)18-37-26(32)15-10-19-6-4-3-5-7-19/h3-15,17,25,27-30,33-35H,2,16,18H2,1H3/t25-,27-,28+,29-,30+/m1/s1. The molecule has 3 N–H and O–H groups in total. The molecular weight excluding hydrogens is 508 g/mol. The third kappa shape index (κ3) is 7.01. The molecule has 0 amide bonds. The summed E-state index contributed by atoms with van der Waals surface area (Å²) < 4.78 is 16.7. The number of carbonyl (C=O) groups excluding carboxylic acids is 1. The van der Waals surface area contributed by atoms with Gasteiger partial charge in [0.05, 0.1) is 6.61 Å². The molecule has 200 valence electrons. The minimum Gasteiger partial charge on any atom is -0.494 e. The van der Waals surface area contributed by atoms with Crippen molar-refractivity contribution in [1.29, 1.82) is 0 Å². The highest BCUT2D eigenvalue weighted by Gasteiger charge is 2.44. The molecule has 0 saturated carbocycles. The second kappa shape index (κ2) is 13.0. The molecule has 1 aliphatic heterocycles. The third-order valence-electron chi connectivity index (χ3n) is 6.34. The van der Waals surface area contributed by atoms with Crippen LogP contribution in [0.2, 0.25) is 5.02 Å². The molecule has 38 heavy (non-hydrogen) atoms. The zero-order valence-electron chi connectivity index (χ0n) is 20.9. The van der Waals surface area contributed by atoms with E-state index in [-0.39, 0.29) is 6.61 Å². The molecule has 3 aromatic rings. The lowest BCUT2D eigenvalue weighted by molar-refractivity contribution is -0.234. The van der Waals surface area contributed by atoms with Crippen LogP contribution < -0.4 is 4.74 Å². The van der Waals surface area contributed by atoms with Crippen molar-refractivity contribution in [2.75, 3.05) is 13.2 Å². The Morgan fingerprint density at radius 2 is 1.71 bits per heavy atom. The van der Waals surface area contributed by atoms with E-state index in [9.17, 15) is 20.1 Å². The number of benzene rings is 3. The van der Waals surface area contributed by atoms with Crippen molar-refractivity contribution in [2.45, 2.75) is 43.9 Å². The van der Waals surface area contributed by atoms with Crippen molar-refractivity contribution >= 4 is 23.6 Å². The van der Waals surface area contributed by atoms with Crippen molar-refractivity contribution in [2.24, 2.45) is 0 Å². The smallest absolute Gasteiger partial charge is 0.330 e. The van der Waals surface area contributed by atoms with Gasteiger partial charge in [-0.1, -0.05) is 66.2 Å². The van der Waals surface area contributed by atoms with Crippen LogP contribution in [0.1, 0.15) is 35.3 Å². The van der Waals surface area contributed by atoms with E-state index in [1.165, 1.54) is 6.08 Å². The molecule has 0 radical (unpaired) electrons. The maximum atomic E-state index is 12.2. The van der Waals surface area contributed by atoms with E-state index in [2.05, 4.69) is 0 Å². The number of ether oxygens (including phenoxy) is 3. The number of hydrogen-bond donors (Lipinski definition) is 3. The first-order valence-electron chi connectivity index (χ1n) is 12.4. The summed E-state index contributed by atoms with van der Waals surface area (Å²) in [5, 5.41) is 32.2. The highest BCUT2D eigenvalue weighted by molar-refractivity contribution is 6.31. The molecule has 0 spiro atoms. The van der Waals surface area contributed by atoms with Gasteiger partial charge in [0.2, 0.25) is 0 Å². The summed E-state index contributed by atoms with van der Waals surface area (Å²) in [4.78, 5) is 12.2. The Bertz CT molecular complexity index is 1230. The number of carbonyl (C=O) groups is 1. The van der Waals surface area contributed by atoms with Crippen molar-refractivity contribution in [3.63, 3.8) is 0 Å². The molecule has 1 fully saturated rings. The molecule has 0 aliphatic carbocycles. The Kier molecular flexibility index (Phi) is 9.55. The van der Waals surface area contributed by atoms with Gasteiger partial charge in [0.25, 0.3) is 0 Å². The van der Waals surface area contributed by atoms with E-state index in [4.69, 9.17) is 25.8 Å². The van der Waals surface area contributed by atoms with Crippen LogP contribution in [0.15, 0.2) is 78.9 Å². The Morgan fingerprint density at radius 3 is 2.42 bits per heavy atom. The average molecular weight is 539 g/mol. The van der Waals surface area contributed by atoms with Crippen LogP contribution in [-0.2, 0) is 20.7 Å². The van der Waals surface area contributed by atoms with Crippen LogP contribution >= 0.6 is 11.6 Å². The monoisotopic (exact) mass is 538 g/mol. The Labute approximate surface area is 226 Å². The molecule has 4 rings (SSSR count). The van der Waals surface area contributed by atoms with Gasteiger partial charge in [0.1, 0.15) is 42.9 Å². The first-order valence-corrected chi connectivity index (χ1v) is 12.8. The highest BCUT2D eigenvalue weighted by Crippen LogP contribution is 2.34. The van der Waals surface area contributed by atoms with E-state index in [0.29, 0.717) is 23.6 Å². The average Bonchev–Trinajstić information content (AvgIpc) is 2.93. The number of halogens is 1. The zero-order chi connectivity index (χ0) is 27.1. The molecule has 8 heteroatoms. The highest BCUT2D eigenvalue weighted by atomic mass is 35.5. The fraction of sp³-hybridized carbons (Fsp3) is 0.300. The zero-order valence-corrected chi connectivity index (χ0v) is 21.7. The number of rotatable bonds is 9.